The summed E-state index contributed by atoms with van der Waals surface area (Å²) in [6.45, 7) is 0.894. The predicted octanol–water partition coefficient (Wildman–Crippen LogP) is 4.81. The van der Waals surface area contributed by atoms with Crippen molar-refractivity contribution >= 4 is 47.0 Å². The Morgan fingerprint density at radius 1 is 1.12 bits per heavy atom. The summed E-state index contributed by atoms with van der Waals surface area (Å²) in [5, 5.41) is 24.1. The summed E-state index contributed by atoms with van der Waals surface area (Å²) < 4.78 is 11.4. The first kappa shape index (κ1) is 33.2. The zero-order chi connectivity index (χ0) is 34.2. The van der Waals surface area contributed by atoms with Gasteiger partial charge in [0, 0.05) is 51.9 Å². The van der Waals surface area contributed by atoms with Crippen LogP contribution in [-0.2, 0) is 19.1 Å². The van der Waals surface area contributed by atoms with Gasteiger partial charge in [0.25, 0.3) is 0 Å². The third kappa shape index (κ3) is 8.40. The number of nitrogens with one attached hydrogen (secondary N) is 4. The molecule has 0 radical (unpaired) electrons. The normalized spacial score (nSPS) is 17.1. The van der Waals surface area contributed by atoms with Crippen molar-refractivity contribution in [2.45, 2.75) is 37.8 Å². The third-order valence-corrected chi connectivity index (χ3v) is 8.34. The average Bonchev–Trinajstić information content (AvgIpc) is 3.62. The lowest BCUT2D eigenvalue weighted by atomic mass is 9.96. The first-order valence-corrected chi connectivity index (χ1v) is 16.0. The molecule has 4 N–H and O–H groups in total. The van der Waals surface area contributed by atoms with Crippen LogP contribution in [0.3, 0.4) is 0 Å². The van der Waals surface area contributed by atoms with E-state index in [9.17, 15) is 14.4 Å². The van der Waals surface area contributed by atoms with E-state index < -0.39 is 18.2 Å². The van der Waals surface area contributed by atoms with Crippen LogP contribution in [0.25, 0.3) is 22.9 Å². The molecule has 6 rings (SSSR count). The molecule has 3 amide bonds. The number of benzene rings is 2. The van der Waals surface area contributed by atoms with Gasteiger partial charge in [0.2, 0.25) is 11.8 Å². The average molecular weight is 684 g/mol. The molecule has 0 spiro atoms. The molecule has 2 atom stereocenters. The number of tetrazole rings is 1. The van der Waals surface area contributed by atoms with E-state index in [2.05, 4.69) is 41.8 Å². The molecule has 2 aliphatic rings. The molecule has 0 fully saturated rings. The fourth-order valence-electron chi connectivity index (χ4n) is 5.56. The largest absolute Gasteiger partial charge is 0.497 e. The summed E-state index contributed by atoms with van der Waals surface area (Å²) in [5.41, 5.74) is 5.74. The van der Waals surface area contributed by atoms with E-state index in [-0.39, 0.29) is 11.8 Å². The van der Waals surface area contributed by atoms with Gasteiger partial charge in [-0.15, -0.1) is 5.10 Å². The summed E-state index contributed by atoms with van der Waals surface area (Å²) >= 11 is 6.25. The van der Waals surface area contributed by atoms with Crippen LogP contribution >= 0.6 is 11.6 Å². The Kier molecular flexibility index (Phi) is 10.4. The number of hydrogen-bond acceptors (Lipinski definition) is 10. The zero-order valence-electron chi connectivity index (χ0n) is 26.6. The van der Waals surface area contributed by atoms with Gasteiger partial charge in [0.15, 0.2) is 0 Å². The van der Waals surface area contributed by atoms with Crippen LogP contribution in [0.4, 0.5) is 16.2 Å². The highest BCUT2D eigenvalue weighted by Crippen LogP contribution is 2.34. The number of aromatic nitrogens is 5. The van der Waals surface area contributed by atoms with Gasteiger partial charge in [-0.25, -0.2) is 4.79 Å². The maximum atomic E-state index is 13.4. The number of ether oxygens (including phenoxy) is 2. The monoisotopic (exact) mass is 683 g/mol. The van der Waals surface area contributed by atoms with Crippen molar-refractivity contribution < 1.29 is 23.9 Å². The Bertz CT molecular complexity index is 1900. The summed E-state index contributed by atoms with van der Waals surface area (Å²) in [7, 11) is 1.29. The fourth-order valence-corrected chi connectivity index (χ4v) is 5.74. The molecule has 2 bridgehead atoms. The SMILES string of the molecule is COC(=O)Nc1ccc2c(c1)N[C@@H](C(=O)NCC1=COC1)CCCC[C@H](NC(=O)/C=C/c1cc(Cl)ccc1-n1cnnn1)c1cc-2ccn1. The molecule has 2 aromatic carbocycles. The molecular weight excluding hydrogens is 650 g/mol. The Balaban J connectivity index is 1.27. The first-order chi connectivity index (χ1) is 23.9. The lowest BCUT2D eigenvalue weighted by Crippen LogP contribution is -2.41. The number of anilines is 2. The van der Waals surface area contributed by atoms with E-state index in [0.29, 0.717) is 72.2 Å². The number of rotatable bonds is 8. The minimum Gasteiger partial charge on any atom is -0.497 e. The summed E-state index contributed by atoms with van der Waals surface area (Å²) in [4.78, 5) is 43.4. The fraction of sp³-hybridized carbons (Fsp3) is 0.265. The van der Waals surface area contributed by atoms with Crippen LogP contribution in [0, 0.1) is 0 Å². The van der Waals surface area contributed by atoms with Crippen molar-refractivity contribution in [3.8, 4) is 16.8 Å². The smallest absolute Gasteiger partial charge is 0.411 e. The minimum absolute atomic E-state index is 0.158. The van der Waals surface area contributed by atoms with Crippen molar-refractivity contribution in [2.24, 2.45) is 0 Å². The van der Waals surface area contributed by atoms with Crippen molar-refractivity contribution in [2.75, 3.05) is 30.9 Å². The standard InChI is InChI=1S/C34H34ClN9O5/c1-48-34(47)39-25-8-9-26-22-12-13-36-30(15-22)27(4-2-3-5-28(40-29(26)16-25)33(46)37-17-21-18-49-19-21)41-32(45)11-6-23-14-24(35)7-10-31(23)44-20-38-42-43-44/h6-16,18,20,27-28,40H,2-5,17,19H2,1H3,(H,37,46)(H,39,47)(H,41,45)/b11-6+/t27-,28+/m0/s1. The summed E-state index contributed by atoms with van der Waals surface area (Å²) in [6.07, 6.45) is 9.79. The van der Waals surface area contributed by atoms with Gasteiger partial charge in [0.1, 0.15) is 19.0 Å². The van der Waals surface area contributed by atoms with Gasteiger partial charge in [-0.1, -0.05) is 30.5 Å². The number of carbonyl (C=O) groups excluding carboxylic acids is 3. The van der Waals surface area contributed by atoms with Crippen molar-refractivity contribution in [1.82, 2.24) is 35.8 Å². The van der Waals surface area contributed by atoms with Gasteiger partial charge in [0.05, 0.1) is 30.8 Å². The van der Waals surface area contributed by atoms with Crippen LogP contribution < -0.4 is 21.3 Å². The molecule has 0 aliphatic carbocycles. The Labute approximate surface area is 286 Å². The predicted molar refractivity (Wildman–Crippen MR) is 183 cm³/mol. The second-order valence-corrected chi connectivity index (χ2v) is 11.9. The van der Waals surface area contributed by atoms with Crippen LogP contribution in [0.1, 0.15) is 43.0 Å². The maximum Gasteiger partial charge on any atom is 0.411 e. The van der Waals surface area contributed by atoms with Crippen molar-refractivity contribution in [3.05, 3.63) is 95.2 Å². The zero-order valence-corrected chi connectivity index (χ0v) is 27.3. The van der Waals surface area contributed by atoms with Crippen LogP contribution in [0.5, 0.6) is 0 Å². The van der Waals surface area contributed by atoms with Gasteiger partial charge in [-0.2, -0.15) is 4.68 Å². The van der Waals surface area contributed by atoms with E-state index in [0.717, 1.165) is 16.7 Å². The molecule has 0 saturated carbocycles. The van der Waals surface area contributed by atoms with Gasteiger partial charge >= 0.3 is 6.09 Å². The molecule has 49 heavy (non-hydrogen) atoms. The Morgan fingerprint density at radius 2 is 1.98 bits per heavy atom. The maximum absolute atomic E-state index is 13.4. The molecule has 14 nitrogen and oxygen atoms in total. The third-order valence-electron chi connectivity index (χ3n) is 8.11. The second-order valence-electron chi connectivity index (χ2n) is 11.5. The number of hydrogen-bond donors (Lipinski definition) is 4. The molecular formula is C34H34ClN9O5. The van der Waals surface area contributed by atoms with E-state index >= 15 is 0 Å². The molecule has 2 aromatic heterocycles. The molecule has 2 aliphatic heterocycles. The number of halogens is 1. The Hall–Kier alpha value is -5.76. The number of pyridine rings is 1. The van der Waals surface area contributed by atoms with Crippen molar-refractivity contribution in [1.29, 1.82) is 0 Å². The van der Waals surface area contributed by atoms with Crippen LogP contribution in [0.2, 0.25) is 5.02 Å². The number of amides is 3. The summed E-state index contributed by atoms with van der Waals surface area (Å²) in [6, 6.07) is 13.4. The van der Waals surface area contributed by atoms with E-state index in [1.54, 1.807) is 48.9 Å². The van der Waals surface area contributed by atoms with Crippen LogP contribution in [0.15, 0.2) is 79.0 Å². The molecule has 252 valence electrons. The van der Waals surface area contributed by atoms with E-state index in [1.807, 2.05) is 18.2 Å². The van der Waals surface area contributed by atoms with E-state index in [4.69, 9.17) is 21.1 Å². The van der Waals surface area contributed by atoms with E-state index in [1.165, 1.54) is 24.2 Å². The Morgan fingerprint density at radius 3 is 2.76 bits per heavy atom. The quantitative estimate of drug-likeness (QED) is 0.189. The van der Waals surface area contributed by atoms with Gasteiger partial charge in [-0.05, 0) is 77.4 Å². The number of fused-ring (bicyclic) bond motifs is 4. The number of methoxy groups -OCH3 is 1. The summed E-state index contributed by atoms with van der Waals surface area (Å²) in [5.74, 6) is -0.478. The van der Waals surface area contributed by atoms with Crippen molar-refractivity contribution in [3.63, 3.8) is 0 Å². The molecule has 4 heterocycles. The van der Waals surface area contributed by atoms with Gasteiger partial charge < -0.3 is 25.4 Å². The highest BCUT2D eigenvalue weighted by atomic mass is 35.5. The molecule has 4 aromatic rings. The molecule has 0 unspecified atom stereocenters. The lowest BCUT2D eigenvalue weighted by Gasteiger charge is -2.25. The second kappa shape index (κ2) is 15.4. The number of nitrogens with zero attached hydrogens (tertiary/aromatic N) is 5. The number of carbonyl (C=O) groups is 3. The first-order valence-electron chi connectivity index (χ1n) is 15.7. The minimum atomic E-state index is -0.612. The van der Waals surface area contributed by atoms with Crippen LogP contribution in [-0.4, -0.2) is 69.4 Å². The topological polar surface area (TPSA) is 174 Å². The molecule has 0 saturated heterocycles. The lowest BCUT2D eigenvalue weighted by molar-refractivity contribution is -0.122. The van der Waals surface area contributed by atoms with Gasteiger partial charge in [-0.3, -0.25) is 19.9 Å². The highest BCUT2D eigenvalue weighted by molar-refractivity contribution is 6.30. The highest BCUT2D eigenvalue weighted by Gasteiger charge is 2.24. The molecule has 15 heteroatoms.